The van der Waals surface area contributed by atoms with Gasteiger partial charge in [0.25, 0.3) is 6.43 Å². The van der Waals surface area contributed by atoms with E-state index >= 15 is 0 Å². The van der Waals surface area contributed by atoms with Crippen molar-refractivity contribution < 1.29 is 8.78 Å². The Labute approximate surface area is 113 Å². The highest BCUT2D eigenvalue weighted by atomic mass is 79.9. The molecule has 1 aromatic rings. The molecule has 0 aliphatic carbocycles. The van der Waals surface area contributed by atoms with Crippen LogP contribution in [0.15, 0.2) is 10.5 Å². The van der Waals surface area contributed by atoms with Crippen LogP contribution in [-0.4, -0.2) is 30.2 Å². The lowest BCUT2D eigenvalue weighted by atomic mass is 10.1. The molecule has 3 heterocycles. The van der Waals surface area contributed by atoms with Crippen molar-refractivity contribution in [1.82, 2.24) is 10.3 Å². The Hall–Kier alpha value is -0.750. The van der Waals surface area contributed by atoms with Crippen LogP contribution < -0.4 is 10.2 Å². The normalized spacial score (nSPS) is 26.4. The molecule has 0 aromatic carbocycles. The third-order valence-corrected chi connectivity index (χ3v) is 4.29. The Bertz CT molecular complexity index is 481. The molecule has 98 valence electrons. The van der Waals surface area contributed by atoms with E-state index in [1.807, 2.05) is 0 Å². The van der Waals surface area contributed by atoms with Crippen LogP contribution in [0.25, 0.3) is 0 Å². The highest BCUT2D eigenvalue weighted by molar-refractivity contribution is 9.10. The Morgan fingerprint density at radius 2 is 2.28 bits per heavy atom. The molecular formula is C12H14BrF2N3. The predicted octanol–water partition coefficient (Wildman–Crippen LogP) is 2.50. The molecule has 3 nitrogen and oxygen atoms in total. The zero-order chi connectivity index (χ0) is 12.9. The van der Waals surface area contributed by atoms with Crippen LogP contribution in [0.3, 0.4) is 0 Å². The molecule has 0 amide bonds. The fraction of sp³-hybridized carbons (Fsp3) is 0.583. The Kier molecular flexibility index (Phi) is 3.02. The standard InChI is InChI=1S/C12H14BrF2N3/c1-6-4-16-5-8-2-7-3-9(13)10(11(14)15)17-12(7)18(6)8/h3,6,8,11,16H,2,4-5H2,1H3/t6-,8-/m1/s1. The van der Waals surface area contributed by atoms with Crippen molar-refractivity contribution >= 4 is 21.7 Å². The van der Waals surface area contributed by atoms with E-state index in [1.165, 1.54) is 0 Å². The molecule has 18 heavy (non-hydrogen) atoms. The van der Waals surface area contributed by atoms with Crippen LogP contribution in [0.4, 0.5) is 14.6 Å². The molecule has 1 saturated heterocycles. The number of rotatable bonds is 1. The summed E-state index contributed by atoms with van der Waals surface area (Å²) < 4.78 is 26.2. The molecule has 1 aromatic heterocycles. The van der Waals surface area contributed by atoms with E-state index in [1.54, 1.807) is 6.07 Å². The maximum atomic E-state index is 12.9. The number of nitrogens with one attached hydrogen (secondary N) is 1. The Balaban J connectivity index is 2.06. The molecule has 2 aliphatic heterocycles. The molecule has 1 fully saturated rings. The topological polar surface area (TPSA) is 28.2 Å². The summed E-state index contributed by atoms with van der Waals surface area (Å²) in [7, 11) is 0. The fourth-order valence-corrected chi connectivity index (χ4v) is 3.42. The number of nitrogens with zero attached hydrogens (tertiary/aromatic N) is 2. The second-order valence-corrected chi connectivity index (χ2v) is 5.77. The van der Waals surface area contributed by atoms with Crippen molar-refractivity contribution in [2.45, 2.75) is 31.9 Å². The Morgan fingerprint density at radius 3 is 3.00 bits per heavy atom. The second-order valence-electron chi connectivity index (χ2n) is 4.91. The van der Waals surface area contributed by atoms with Crippen LogP contribution >= 0.6 is 15.9 Å². The third-order valence-electron chi connectivity index (χ3n) is 3.65. The van der Waals surface area contributed by atoms with E-state index in [0.717, 1.165) is 30.9 Å². The van der Waals surface area contributed by atoms with Gasteiger partial charge in [-0.1, -0.05) is 0 Å². The molecule has 0 saturated carbocycles. The summed E-state index contributed by atoms with van der Waals surface area (Å²) in [6.07, 6.45) is -1.66. The molecule has 3 rings (SSSR count). The lowest BCUT2D eigenvalue weighted by molar-refractivity contribution is 0.145. The number of alkyl halides is 2. The van der Waals surface area contributed by atoms with Gasteiger partial charge in [-0.3, -0.25) is 0 Å². The molecule has 0 unspecified atom stereocenters. The maximum Gasteiger partial charge on any atom is 0.281 e. The van der Waals surface area contributed by atoms with Crippen LogP contribution in [0.2, 0.25) is 0 Å². The SMILES string of the molecule is C[C@@H]1CNC[C@H]2Cc3cc(Br)c(C(F)F)nc3N21. The van der Waals surface area contributed by atoms with E-state index in [2.05, 4.69) is 38.1 Å². The van der Waals surface area contributed by atoms with Gasteiger partial charge in [-0.25, -0.2) is 13.8 Å². The van der Waals surface area contributed by atoms with E-state index in [-0.39, 0.29) is 5.69 Å². The molecule has 2 atom stereocenters. The maximum absolute atomic E-state index is 12.9. The van der Waals surface area contributed by atoms with Gasteiger partial charge < -0.3 is 10.2 Å². The number of aromatic nitrogens is 1. The molecule has 0 bridgehead atoms. The van der Waals surface area contributed by atoms with Crippen molar-refractivity contribution in [3.8, 4) is 0 Å². The van der Waals surface area contributed by atoms with Crippen molar-refractivity contribution in [3.05, 3.63) is 21.8 Å². The lowest BCUT2D eigenvalue weighted by Gasteiger charge is -2.37. The molecular weight excluding hydrogens is 304 g/mol. The van der Waals surface area contributed by atoms with Gasteiger partial charge in [0, 0.05) is 29.6 Å². The summed E-state index contributed by atoms with van der Waals surface area (Å²) in [5.74, 6) is 0.743. The van der Waals surface area contributed by atoms with Crippen molar-refractivity contribution in [3.63, 3.8) is 0 Å². The minimum absolute atomic E-state index is 0.153. The summed E-state index contributed by atoms with van der Waals surface area (Å²) in [6.45, 7) is 3.86. The fourth-order valence-electron chi connectivity index (χ4n) is 2.88. The first kappa shape index (κ1) is 12.3. The van der Waals surface area contributed by atoms with Gasteiger partial charge in [-0.05, 0) is 40.9 Å². The molecule has 1 N–H and O–H groups in total. The summed E-state index contributed by atoms with van der Waals surface area (Å²) in [5.41, 5.74) is 0.909. The first-order chi connectivity index (χ1) is 8.58. The molecule has 0 radical (unpaired) electrons. The summed E-state index contributed by atoms with van der Waals surface area (Å²) >= 11 is 3.19. The van der Waals surface area contributed by atoms with Crippen molar-refractivity contribution in [2.24, 2.45) is 0 Å². The van der Waals surface area contributed by atoms with Gasteiger partial charge in [0.05, 0.1) is 0 Å². The number of halogens is 3. The smallest absolute Gasteiger partial charge is 0.281 e. The van der Waals surface area contributed by atoms with Gasteiger partial charge in [0.2, 0.25) is 0 Å². The number of piperazine rings is 1. The average Bonchev–Trinajstić information content (AvgIpc) is 2.65. The predicted molar refractivity (Wildman–Crippen MR) is 69.2 cm³/mol. The summed E-state index contributed by atoms with van der Waals surface area (Å²) in [4.78, 5) is 6.37. The van der Waals surface area contributed by atoms with Gasteiger partial charge in [-0.15, -0.1) is 0 Å². The lowest BCUT2D eigenvalue weighted by Crippen LogP contribution is -2.55. The van der Waals surface area contributed by atoms with E-state index in [9.17, 15) is 8.78 Å². The van der Waals surface area contributed by atoms with E-state index in [0.29, 0.717) is 16.6 Å². The minimum Gasteiger partial charge on any atom is -0.348 e. The van der Waals surface area contributed by atoms with Crippen molar-refractivity contribution in [2.75, 3.05) is 18.0 Å². The number of fused-ring (bicyclic) bond motifs is 3. The second kappa shape index (κ2) is 4.42. The number of hydrogen-bond donors (Lipinski definition) is 1. The zero-order valence-corrected chi connectivity index (χ0v) is 11.5. The Morgan fingerprint density at radius 1 is 1.50 bits per heavy atom. The van der Waals surface area contributed by atoms with Crippen molar-refractivity contribution in [1.29, 1.82) is 0 Å². The van der Waals surface area contributed by atoms with Crippen LogP contribution in [-0.2, 0) is 6.42 Å². The van der Waals surface area contributed by atoms with Crippen LogP contribution in [0.5, 0.6) is 0 Å². The third kappa shape index (κ3) is 1.82. The zero-order valence-electron chi connectivity index (χ0n) is 9.96. The average molecular weight is 318 g/mol. The molecule has 2 aliphatic rings. The summed E-state index contributed by atoms with van der Waals surface area (Å²) in [6, 6.07) is 2.44. The molecule has 6 heteroatoms. The first-order valence-corrected chi connectivity index (χ1v) is 6.83. The highest BCUT2D eigenvalue weighted by Gasteiger charge is 2.37. The largest absolute Gasteiger partial charge is 0.348 e. The van der Waals surface area contributed by atoms with Crippen LogP contribution in [0.1, 0.15) is 24.6 Å². The quantitative estimate of drug-likeness (QED) is 0.862. The number of anilines is 1. The molecule has 0 spiro atoms. The van der Waals surface area contributed by atoms with Gasteiger partial charge in [-0.2, -0.15) is 0 Å². The summed E-state index contributed by atoms with van der Waals surface area (Å²) in [5, 5.41) is 3.36. The minimum atomic E-state index is -2.54. The van der Waals surface area contributed by atoms with E-state index in [4.69, 9.17) is 0 Å². The van der Waals surface area contributed by atoms with Gasteiger partial charge in [0.15, 0.2) is 0 Å². The van der Waals surface area contributed by atoms with Gasteiger partial charge >= 0.3 is 0 Å². The number of hydrogen-bond acceptors (Lipinski definition) is 3. The van der Waals surface area contributed by atoms with E-state index < -0.39 is 6.43 Å². The highest BCUT2D eigenvalue weighted by Crippen LogP contribution is 2.38. The first-order valence-electron chi connectivity index (χ1n) is 6.04. The van der Waals surface area contributed by atoms with Gasteiger partial charge in [0.1, 0.15) is 11.5 Å². The number of pyridine rings is 1. The monoisotopic (exact) mass is 317 g/mol. The van der Waals surface area contributed by atoms with Crippen LogP contribution in [0, 0.1) is 0 Å².